The molecule has 0 aliphatic carbocycles. The first-order chi connectivity index (χ1) is 18.5. The van der Waals surface area contributed by atoms with Crippen molar-refractivity contribution in [2.24, 2.45) is 17.6 Å². The van der Waals surface area contributed by atoms with Crippen LogP contribution in [-0.2, 0) is 25.6 Å². The van der Waals surface area contributed by atoms with E-state index in [9.17, 15) is 23.6 Å². The number of benzene rings is 2. The van der Waals surface area contributed by atoms with Gasteiger partial charge in [0.25, 0.3) is 0 Å². The Morgan fingerprint density at radius 3 is 2.21 bits per heavy atom. The first kappa shape index (κ1) is 29.8. The summed E-state index contributed by atoms with van der Waals surface area (Å²) in [5, 5.41) is 5.69. The van der Waals surface area contributed by atoms with Crippen molar-refractivity contribution in [2.45, 2.75) is 45.7 Å². The summed E-state index contributed by atoms with van der Waals surface area (Å²) in [6.45, 7) is 6.58. The van der Waals surface area contributed by atoms with Gasteiger partial charge in [0.05, 0.1) is 0 Å². The average Bonchev–Trinajstić information content (AvgIpc) is 2.89. The zero-order chi connectivity index (χ0) is 28.5. The van der Waals surface area contributed by atoms with Crippen LogP contribution in [0.4, 0.5) is 10.1 Å². The molecule has 1 aliphatic rings. The smallest absolute Gasteiger partial charge is 0.312 e. The van der Waals surface area contributed by atoms with E-state index in [0.29, 0.717) is 25.2 Å². The number of hydrogen-bond donors (Lipinski definition) is 3. The molecule has 4 N–H and O–H groups in total. The highest BCUT2D eigenvalue weighted by atomic mass is 19.1. The van der Waals surface area contributed by atoms with E-state index in [1.165, 1.54) is 34.1 Å². The summed E-state index contributed by atoms with van der Waals surface area (Å²) in [5.74, 6) is -2.64. The number of piperazine rings is 1. The normalized spacial score (nSPS) is 16.2. The number of nitrogens with zero attached hydrogens (tertiary/aromatic N) is 2. The molecule has 0 radical (unpaired) electrons. The van der Waals surface area contributed by atoms with E-state index >= 15 is 0 Å². The molecule has 0 aromatic heterocycles. The lowest BCUT2D eigenvalue weighted by Gasteiger charge is -2.35. The largest absolute Gasteiger partial charge is 0.350 e. The van der Waals surface area contributed by atoms with Crippen molar-refractivity contribution in [2.75, 3.05) is 31.5 Å². The number of hydrogen-bond acceptors (Lipinski definition) is 5. The molecule has 1 saturated heterocycles. The molecular formula is C29H38FN5O4. The monoisotopic (exact) mass is 539 g/mol. The Morgan fingerprint density at radius 2 is 1.56 bits per heavy atom. The number of nitrogens with two attached hydrogens (primary N) is 1. The lowest BCUT2D eigenvalue weighted by Crippen LogP contribution is -2.58. The third-order valence-electron chi connectivity index (χ3n) is 6.66. The molecule has 1 heterocycles. The summed E-state index contributed by atoms with van der Waals surface area (Å²) in [7, 11) is 0. The minimum Gasteiger partial charge on any atom is -0.350 e. The van der Waals surface area contributed by atoms with Crippen molar-refractivity contribution in [3.63, 3.8) is 0 Å². The van der Waals surface area contributed by atoms with Gasteiger partial charge in [0.2, 0.25) is 11.8 Å². The van der Waals surface area contributed by atoms with Crippen LogP contribution in [-0.4, -0.2) is 71.7 Å². The molecule has 9 nitrogen and oxygen atoms in total. The van der Waals surface area contributed by atoms with Crippen LogP contribution < -0.4 is 16.4 Å². The van der Waals surface area contributed by atoms with Gasteiger partial charge in [0.1, 0.15) is 12.4 Å². The summed E-state index contributed by atoms with van der Waals surface area (Å²) < 4.78 is 13.2. The molecule has 0 spiro atoms. The molecule has 1 aliphatic heterocycles. The van der Waals surface area contributed by atoms with Crippen molar-refractivity contribution in [1.82, 2.24) is 15.1 Å². The molecule has 0 bridgehead atoms. The molecule has 39 heavy (non-hydrogen) atoms. The summed E-state index contributed by atoms with van der Waals surface area (Å²) in [5.41, 5.74) is 7.96. The van der Waals surface area contributed by atoms with Gasteiger partial charge in [0.15, 0.2) is 0 Å². The molecule has 4 amide bonds. The predicted molar refractivity (Wildman–Crippen MR) is 147 cm³/mol. The van der Waals surface area contributed by atoms with Crippen LogP contribution in [0.15, 0.2) is 54.6 Å². The highest BCUT2D eigenvalue weighted by Crippen LogP contribution is 2.16. The predicted octanol–water partition coefficient (Wildman–Crippen LogP) is 2.17. The van der Waals surface area contributed by atoms with E-state index in [1.54, 1.807) is 6.92 Å². The second kappa shape index (κ2) is 13.8. The van der Waals surface area contributed by atoms with Crippen LogP contribution in [0.2, 0.25) is 0 Å². The number of carbonyl (C=O) groups is 4. The van der Waals surface area contributed by atoms with E-state index in [-0.39, 0.29) is 31.3 Å². The molecule has 10 heteroatoms. The number of halogens is 1. The van der Waals surface area contributed by atoms with Crippen LogP contribution >= 0.6 is 0 Å². The molecule has 1 fully saturated rings. The van der Waals surface area contributed by atoms with Crippen molar-refractivity contribution >= 4 is 29.3 Å². The third kappa shape index (κ3) is 8.88. The Hall–Kier alpha value is -3.79. The van der Waals surface area contributed by atoms with Crippen molar-refractivity contribution in [3.05, 3.63) is 66.0 Å². The van der Waals surface area contributed by atoms with E-state index in [0.717, 1.165) is 5.56 Å². The van der Waals surface area contributed by atoms with Gasteiger partial charge in [-0.1, -0.05) is 51.1 Å². The Balaban J connectivity index is 1.63. The molecule has 210 valence electrons. The SMILES string of the molecule is CC(C)CN1CCN(CC(=O)N[C@@H](Cc2ccccc2)[C@@H](N)C[C@@H](C)C(=O)Nc2ccc(F)cc2)C(=O)C1=O. The maximum atomic E-state index is 13.2. The van der Waals surface area contributed by atoms with Gasteiger partial charge in [-0.3, -0.25) is 19.2 Å². The van der Waals surface area contributed by atoms with Crippen LogP contribution in [0.3, 0.4) is 0 Å². The molecule has 0 unspecified atom stereocenters. The fraction of sp³-hybridized carbons (Fsp3) is 0.448. The van der Waals surface area contributed by atoms with Crippen LogP contribution in [0.5, 0.6) is 0 Å². The van der Waals surface area contributed by atoms with Crippen LogP contribution in [0.25, 0.3) is 0 Å². The summed E-state index contributed by atoms with van der Waals surface area (Å²) in [6, 6.07) is 13.9. The number of amides is 4. The first-order valence-electron chi connectivity index (χ1n) is 13.3. The number of anilines is 1. The Bertz CT molecular complexity index is 1140. The van der Waals surface area contributed by atoms with Gasteiger partial charge < -0.3 is 26.2 Å². The van der Waals surface area contributed by atoms with E-state index in [4.69, 9.17) is 5.73 Å². The Kier molecular flexibility index (Phi) is 10.6. The van der Waals surface area contributed by atoms with Crippen LogP contribution in [0, 0.1) is 17.7 Å². The zero-order valence-corrected chi connectivity index (χ0v) is 22.7. The molecule has 0 saturated carbocycles. The van der Waals surface area contributed by atoms with Gasteiger partial charge in [-0.05, 0) is 48.6 Å². The molecule has 3 atom stereocenters. The third-order valence-corrected chi connectivity index (χ3v) is 6.66. The molecule has 3 rings (SSSR count). The van der Waals surface area contributed by atoms with Gasteiger partial charge in [-0.2, -0.15) is 0 Å². The van der Waals surface area contributed by atoms with E-state index in [2.05, 4.69) is 10.6 Å². The number of nitrogens with one attached hydrogen (secondary N) is 2. The minimum absolute atomic E-state index is 0.233. The van der Waals surface area contributed by atoms with E-state index in [1.807, 2.05) is 44.2 Å². The van der Waals surface area contributed by atoms with Gasteiger partial charge in [-0.15, -0.1) is 0 Å². The van der Waals surface area contributed by atoms with Gasteiger partial charge >= 0.3 is 11.8 Å². The second-order valence-electron chi connectivity index (χ2n) is 10.5. The highest BCUT2D eigenvalue weighted by Gasteiger charge is 2.34. The molecular weight excluding hydrogens is 501 g/mol. The maximum Gasteiger partial charge on any atom is 0.312 e. The van der Waals surface area contributed by atoms with E-state index < -0.39 is 41.5 Å². The van der Waals surface area contributed by atoms with Crippen molar-refractivity contribution in [3.8, 4) is 0 Å². The molecule has 2 aromatic carbocycles. The minimum atomic E-state index is -0.688. The fourth-order valence-electron chi connectivity index (χ4n) is 4.56. The summed E-state index contributed by atoms with van der Waals surface area (Å²) >= 11 is 0. The average molecular weight is 540 g/mol. The topological polar surface area (TPSA) is 125 Å². The highest BCUT2D eigenvalue weighted by molar-refractivity contribution is 6.35. The van der Waals surface area contributed by atoms with Gasteiger partial charge in [-0.25, -0.2) is 4.39 Å². The maximum absolute atomic E-state index is 13.2. The fourth-order valence-corrected chi connectivity index (χ4v) is 4.56. The lowest BCUT2D eigenvalue weighted by molar-refractivity contribution is -0.157. The number of rotatable bonds is 12. The standard InChI is InChI=1S/C29H38FN5O4/c1-19(2)17-34-13-14-35(29(39)28(34)38)18-26(36)33-25(16-21-7-5-4-6-8-21)24(31)15-20(3)27(37)32-23-11-9-22(30)10-12-23/h4-12,19-20,24-25H,13-18,31H2,1-3H3,(H,32,37)(H,33,36)/t20-,24+,25+/m1/s1. The van der Waals surface area contributed by atoms with Crippen molar-refractivity contribution in [1.29, 1.82) is 0 Å². The van der Waals surface area contributed by atoms with Gasteiger partial charge in [0, 0.05) is 43.3 Å². The summed E-state index contributed by atoms with van der Waals surface area (Å²) in [4.78, 5) is 53.6. The Labute approximate surface area is 228 Å². The first-order valence-corrected chi connectivity index (χ1v) is 13.3. The second-order valence-corrected chi connectivity index (χ2v) is 10.5. The quantitative estimate of drug-likeness (QED) is 0.357. The molecule has 2 aromatic rings. The Morgan fingerprint density at radius 1 is 0.949 bits per heavy atom. The zero-order valence-electron chi connectivity index (χ0n) is 22.7. The lowest BCUT2D eigenvalue weighted by atomic mass is 9.92. The van der Waals surface area contributed by atoms with Crippen molar-refractivity contribution < 1.29 is 23.6 Å². The summed E-state index contributed by atoms with van der Waals surface area (Å²) in [6.07, 6.45) is 0.700. The van der Waals surface area contributed by atoms with Crippen LogP contribution in [0.1, 0.15) is 32.8 Å². The number of carbonyl (C=O) groups excluding carboxylic acids is 4.